The van der Waals surface area contributed by atoms with E-state index >= 15 is 0 Å². The van der Waals surface area contributed by atoms with E-state index in [9.17, 15) is 0 Å². The number of nitrogens with one attached hydrogen (secondary N) is 1. The van der Waals surface area contributed by atoms with Crippen molar-refractivity contribution in [3.63, 3.8) is 0 Å². The van der Waals surface area contributed by atoms with Crippen LogP contribution in [0.4, 0.5) is 0 Å². The highest BCUT2D eigenvalue weighted by molar-refractivity contribution is 5.10. The van der Waals surface area contributed by atoms with E-state index < -0.39 is 0 Å². The first kappa shape index (κ1) is 14.8. The molecule has 0 saturated carbocycles. The van der Waals surface area contributed by atoms with Crippen molar-refractivity contribution in [1.82, 2.24) is 10.2 Å². The molecule has 4 nitrogen and oxygen atoms in total. The molecule has 110 valence electrons. The fraction of sp³-hybridized carbons (Fsp3) is 0.867. The van der Waals surface area contributed by atoms with Crippen LogP contribution in [-0.4, -0.2) is 56.4 Å². The Hall–Kier alpha value is -0.580. The van der Waals surface area contributed by atoms with Crippen LogP contribution in [0, 0.1) is 0 Å². The van der Waals surface area contributed by atoms with E-state index in [4.69, 9.17) is 9.47 Å². The monoisotopic (exact) mass is 268 g/mol. The van der Waals surface area contributed by atoms with Crippen molar-refractivity contribution in [2.24, 2.45) is 0 Å². The minimum absolute atomic E-state index is 0.219. The van der Waals surface area contributed by atoms with Gasteiger partial charge in [0.25, 0.3) is 0 Å². The standard InChI is InChI=1S/C15H28N2O2/c1-3-7-16-15(13-6-5-10-18-13)14-12-17(8-4-2)9-11-19-14/h6,14-16H,3-5,7-12H2,1-2H3. The van der Waals surface area contributed by atoms with Gasteiger partial charge in [-0.15, -0.1) is 0 Å². The Kier molecular flexibility index (Phi) is 6.14. The van der Waals surface area contributed by atoms with E-state index in [1.54, 1.807) is 0 Å². The second-order valence-electron chi connectivity index (χ2n) is 5.39. The van der Waals surface area contributed by atoms with Gasteiger partial charge in [0.1, 0.15) is 5.76 Å². The molecule has 0 bridgehead atoms. The third-order valence-electron chi connectivity index (χ3n) is 3.74. The van der Waals surface area contributed by atoms with E-state index in [0.29, 0.717) is 0 Å². The zero-order valence-electron chi connectivity index (χ0n) is 12.4. The van der Waals surface area contributed by atoms with Crippen LogP contribution in [0.2, 0.25) is 0 Å². The first-order valence-corrected chi connectivity index (χ1v) is 7.75. The van der Waals surface area contributed by atoms with Crippen molar-refractivity contribution in [1.29, 1.82) is 0 Å². The Morgan fingerprint density at radius 3 is 2.95 bits per heavy atom. The second-order valence-corrected chi connectivity index (χ2v) is 5.39. The van der Waals surface area contributed by atoms with Gasteiger partial charge in [-0.2, -0.15) is 0 Å². The van der Waals surface area contributed by atoms with Crippen LogP contribution in [0.1, 0.15) is 33.1 Å². The second kappa shape index (κ2) is 7.88. The topological polar surface area (TPSA) is 33.7 Å². The lowest BCUT2D eigenvalue weighted by atomic mass is 10.1. The van der Waals surface area contributed by atoms with Gasteiger partial charge in [0.2, 0.25) is 0 Å². The van der Waals surface area contributed by atoms with Crippen LogP contribution in [0.25, 0.3) is 0 Å². The summed E-state index contributed by atoms with van der Waals surface area (Å²) in [5.41, 5.74) is 0. The summed E-state index contributed by atoms with van der Waals surface area (Å²) in [4.78, 5) is 2.50. The average molecular weight is 268 g/mol. The molecule has 0 amide bonds. The molecule has 2 aliphatic heterocycles. The summed E-state index contributed by atoms with van der Waals surface area (Å²) in [6.45, 7) is 10.3. The molecule has 19 heavy (non-hydrogen) atoms. The summed E-state index contributed by atoms with van der Waals surface area (Å²) >= 11 is 0. The summed E-state index contributed by atoms with van der Waals surface area (Å²) in [5.74, 6) is 1.09. The smallest absolute Gasteiger partial charge is 0.112 e. The molecule has 2 unspecified atom stereocenters. The third-order valence-corrected chi connectivity index (χ3v) is 3.74. The summed E-state index contributed by atoms with van der Waals surface area (Å²) in [6.07, 6.45) is 5.81. The predicted octanol–water partition coefficient (Wildman–Crippen LogP) is 1.77. The molecular formula is C15H28N2O2. The Bertz CT molecular complexity index is 292. The van der Waals surface area contributed by atoms with Gasteiger partial charge < -0.3 is 14.8 Å². The van der Waals surface area contributed by atoms with Gasteiger partial charge >= 0.3 is 0 Å². The van der Waals surface area contributed by atoms with Gasteiger partial charge in [-0.3, -0.25) is 4.90 Å². The van der Waals surface area contributed by atoms with E-state index in [-0.39, 0.29) is 12.1 Å². The summed E-state index contributed by atoms with van der Waals surface area (Å²) < 4.78 is 11.8. The molecule has 1 saturated heterocycles. The molecular weight excluding hydrogens is 240 g/mol. The molecule has 4 heteroatoms. The Labute approximate surface area is 117 Å². The quantitative estimate of drug-likeness (QED) is 0.763. The Morgan fingerprint density at radius 1 is 1.37 bits per heavy atom. The highest BCUT2D eigenvalue weighted by Crippen LogP contribution is 2.20. The molecule has 1 N–H and O–H groups in total. The van der Waals surface area contributed by atoms with Crippen molar-refractivity contribution in [2.75, 3.05) is 39.4 Å². The SMILES string of the molecule is CCCNC(C1=CCCO1)C1CN(CCC)CCO1. The van der Waals surface area contributed by atoms with Crippen LogP contribution >= 0.6 is 0 Å². The zero-order chi connectivity index (χ0) is 13.5. The third kappa shape index (κ3) is 4.20. The number of rotatable bonds is 7. The highest BCUT2D eigenvalue weighted by atomic mass is 16.5. The molecule has 2 aliphatic rings. The van der Waals surface area contributed by atoms with E-state index in [0.717, 1.165) is 51.4 Å². The highest BCUT2D eigenvalue weighted by Gasteiger charge is 2.31. The van der Waals surface area contributed by atoms with E-state index in [1.807, 2.05) is 0 Å². The molecule has 0 aliphatic carbocycles. The number of nitrogens with zero attached hydrogens (tertiary/aromatic N) is 1. The molecule has 1 fully saturated rings. The lowest BCUT2D eigenvalue weighted by Crippen LogP contribution is -2.53. The van der Waals surface area contributed by atoms with Gasteiger partial charge in [-0.1, -0.05) is 13.8 Å². The summed E-state index contributed by atoms with van der Waals surface area (Å²) in [6, 6.07) is 0.224. The van der Waals surface area contributed by atoms with Gasteiger partial charge in [-0.25, -0.2) is 0 Å². The number of ether oxygens (including phenoxy) is 2. The van der Waals surface area contributed by atoms with Gasteiger partial charge in [0.15, 0.2) is 0 Å². The Balaban J connectivity index is 1.95. The zero-order valence-corrected chi connectivity index (χ0v) is 12.4. The molecule has 0 aromatic heterocycles. The maximum absolute atomic E-state index is 6.00. The van der Waals surface area contributed by atoms with Crippen molar-refractivity contribution >= 4 is 0 Å². The molecule has 2 atom stereocenters. The largest absolute Gasteiger partial charge is 0.496 e. The van der Waals surface area contributed by atoms with Gasteiger partial charge in [0, 0.05) is 19.5 Å². The minimum Gasteiger partial charge on any atom is -0.496 e. The van der Waals surface area contributed by atoms with Crippen LogP contribution in [-0.2, 0) is 9.47 Å². The molecule has 0 aromatic rings. The van der Waals surface area contributed by atoms with Gasteiger partial charge in [0.05, 0.1) is 25.4 Å². The van der Waals surface area contributed by atoms with E-state index in [1.165, 1.54) is 13.0 Å². The van der Waals surface area contributed by atoms with Crippen molar-refractivity contribution in [3.8, 4) is 0 Å². The molecule has 2 heterocycles. The van der Waals surface area contributed by atoms with Crippen molar-refractivity contribution < 1.29 is 9.47 Å². The minimum atomic E-state index is 0.219. The summed E-state index contributed by atoms with van der Waals surface area (Å²) in [5, 5.41) is 3.60. The number of hydrogen-bond donors (Lipinski definition) is 1. The maximum Gasteiger partial charge on any atom is 0.112 e. The average Bonchev–Trinajstić information content (AvgIpc) is 2.94. The lowest BCUT2D eigenvalue weighted by molar-refractivity contribution is -0.0475. The maximum atomic E-state index is 6.00. The first-order valence-electron chi connectivity index (χ1n) is 7.75. The first-order chi connectivity index (χ1) is 9.35. The fourth-order valence-corrected chi connectivity index (χ4v) is 2.82. The molecule has 2 rings (SSSR count). The molecule has 0 aromatic carbocycles. The van der Waals surface area contributed by atoms with E-state index in [2.05, 4.69) is 30.1 Å². The van der Waals surface area contributed by atoms with Crippen LogP contribution in [0.15, 0.2) is 11.8 Å². The molecule has 0 spiro atoms. The van der Waals surface area contributed by atoms with Gasteiger partial charge in [-0.05, 0) is 32.0 Å². The lowest BCUT2D eigenvalue weighted by Gasteiger charge is -2.37. The van der Waals surface area contributed by atoms with Crippen molar-refractivity contribution in [3.05, 3.63) is 11.8 Å². The fourth-order valence-electron chi connectivity index (χ4n) is 2.82. The molecule has 0 radical (unpaired) electrons. The number of morpholine rings is 1. The van der Waals surface area contributed by atoms with Crippen LogP contribution in [0.3, 0.4) is 0 Å². The van der Waals surface area contributed by atoms with Crippen LogP contribution in [0.5, 0.6) is 0 Å². The summed E-state index contributed by atoms with van der Waals surface area (Å²) in [7, 11) is 0. The van der Waals surface area contributed by atoms with Crippen LogP contribution < -0.4 is 5.32 Å². The number of hydrogen-bond acceptors (Lipinski definition) is 4. The van der Waals surface area contributed by atoms with Crippen molar-refractivity contribution in [2.45, 2.75) is 45.3 Å². The normalized spacial score (nSPS) is 26.0. The Morgan fingerprint density at radius 2 is 2.26 bits per heavy atom. The predicted molar refractivity (Wildman–Crippen MR) is 77.2 cm³/mol.